The Hall–Kier alpha value is -2.42. The first-order chi connectivity index (χ1) is 8.59. The highest BCUT2D eigenvalue weighted by atomic mass is 16.4. The molecule has 0 saturated carbocycles. The van der Waals surface area contributed by atoms with Gasteiger partial charge in [-0.1, -0.05) is 42.5 Å². The van der Waals surface area contributed by atoms with Gasteiger partial charge in [0, 0.05) is 5.56 Å². The smallest absolute Gasteiger partial charge is 0.160 e. The molecule has 0 bridgehead atoms. The maximum atomic E-state index is 11.5. The molecule has 0 atom stereocenters. The summed E-state index contributed by atoms with van der Waals surface area (Å²) in [4.78, 5) is 22.4. The van der Waals surface area contributed by atoms with Gasteiger partial charge in [0.25, 0.3) is 0 Å². The van der Waals surface area contributed by atoms with Crippen LogP contribution in [0.2, 0.25) is 0 Å². The summed E-state index contributed by atoms with van der Waals surface area (Å²) in [5, 5.41) is 10.8. The minimum Gasteiger partial charge on any atom is -0.545 e. The summed E-state index contributed by atoms with van der Waals surface area (Å²) in [7, 11) is 0. The second-order valence-electron chi connectivity index (χ2n) is 3.97. The lowest BCUT2D eigenvalue weighted by Crippen LogP contribution is -2.22. The van der Waals surface area contributed by atoms with Crippen molar-refractivity contribution in [2.24, 2.45) is 0 Å². The lowest BCUT2D eigenvalue weighted by atomic mass is 9.96. The molecule has 2 aromatic rings. The molecule has 0 amide bonds. The fourth-order valence-corrected chi connectivity index (χ4v) is 1.86. The van der Waals surface area contributed by atoms with Crippen LogP contribution in [-0.2, 0) is 0 Å². The Morgan fingerprint density at radius 3 is 2.39 bits per heavy atom. The molecule has 0 fully saturated rings. The van der Waals surface area contributed by atoms with E-state index in [4.69, 9.17) is 0 Å². The standard InChI is InChI=1S/C15H12O3/c1-10(16)13-7-2-3-8-14(13)11-5-4-6-12(9-11)15(17)18/h2-9H,1H3,(H,17,18)/p-1. The lowest BCUT2D eigenvalue weighted by molar-refractivity contribution is -0.255. The van der Waals surface area contributed by atoms with E-state index in [-0.39, 0.29) is 11.3 Å². The van der Waals surface area contributed by atoms with Crippen molar-refractivity contribution in [1.82, 2.24) is 0 Å². The molecule has 0 N–H and O–H groups in total. The first kappa shape index (κ1) is 12.0. The van der Waals surface area contributed by atoms with E-state index in [0.29, 0.717) is 11.1 Å². The highest BCUT2D eigenvalue weighted by Crippen LogP contribution is 2.24. The van der Waals surface area contributed by atoms with E-state index >= 15 is 0 Å². The second kappa shape index (κ2) is 4.84. The summed E-state index contributed by atoms with van der Waals surface area (Å²) in [6.07, 6.45) is 0. The van der Waals surface area contributed by atoms with Gasteiger partial charge >= 0.3 is 0 Å². The SMILES string of the molecule is CC(=O)c1ccccc1-c1cccc(C(=O)[O-])c1. The van der Waals surface area contributed by atoms with Crippen LogP contribution in [0.4, 0.5) is 0 Å². The zero-order valence-electron chi connectivity index (χ0n) is 9.84. The Morgan fingerprint density at radius 1 is 1.00 bits per heavy atom. The average Bonchev–Trinajstić information content (AvgIpc) is 2.39. The van der Waals surface area contributed by atoms with Gasteiger partial charge in [-0.05, 0) is 29.7 Å². The molecule has 0 heterocycles. The van der Waals surface area contributed by atoms with Crippen LogP contribution >= 0.6 is 0 Å². The van der Waals surface area contributed by atoms with Gasteiger partial charge in [-0.2, -0.15) is 0 Å². The minimum absolute atomic E-state index is 0.0514. The maximum Gasteiger partial charge on any atom is 0.160 e. The van der Waals surface area contributed by atoms with E-state index in [1.54, 1.807) is 30.3 Å². The fraction of sp³-hybridized carbons (Fsp3) is 0.0667. The third-order valence-corrected chi connectivity index (χ3v) is 2.72. The minimum atomic E-state index is -1.22. The first-order valence-electron chi connectivity index (χ1n) is 5.51. The van der Waals surface area contributed by atoms with Crippen LogP contribution in [0.3, 0.4) is 0 Å². The molecule has 0 aliphatic rings. The molecule has 2 aromatic carbocycles. The van der Waals surface area contributed by atoms with E-state index in [1.165, 1.54) is 19.1 Å². The molecule has 0 aromatic heterocycles. The summed E-state index contributed by atoms with van der Waals surface area (Å²) < 4.78 is 0. The van der Waals surface area contributed by atoms with Gasteiger partial charge in [0.15, 0.2) is 5.78 Å². The summed E-state index contributed by atoms with van der Waals surface area (Å²) in [6.45, 7) is 1.49. The predicted octanol–water partition coefficient (Wildman–Crippen LogP) is 1.92. The van der Waals surface area contributed by atoms with Crippen LogP contribution in [0, 0.1) is 0 Å². The molecule has 0 aliphatic heterocycles. The molecular weight excluding hydrogens is 228 g/mol. The van der Waals surface area contributed by atoms with E-state index in [9.17, 15) is 14.7 Å². The third kappa shape index (κ3) is 2.30. The zero-order chi connectivity index (χ0) is 13.1. The first-order valence-corrected chi connectivity index (χ1v) is 5.51. The van der Waals surface area contributed by atoms with Crippen molar-refractivity contribution in [2.75, 3.05) is 0 Å². The number of carbonyl (C=O) groups is 2. The van der Waals surface area contributed by atoms with Crippen LogP contribution < -0.4 is 5.11 Å². The van der Waals surface area contributed by atoms with Crippen LogP contribution in [0.25, 0.3) is 11.1 Å². The van der Waals surface area contributed by atoms with Gasteiger partial charge in [-0.25, -0.2) is 0 Å². The molecule has 0 saturated heterocycles. The zero-order valence-corrected chi connectivity index (χ0v) is 9.84. The molecule has 18 heavy (non-hydrogen) atoms. The average molecular weight is 239 g/mol. The second-order valence-corrected chi connectivity index (χ2v) is 3.97. The largest absolute Gasteiger partial charge is 0.545 e. The number of carboxylic acid groups (broad SMARTS) is 1. The van der Waals surface area contributed by atoms with E-state index in [1.807, 2.05) is 6.07 Å². The van der Waals surface area contributed by atoms with E-state index in [0.717, 1.165) is 5.56 Å². The number of carbonyl (C=O) groups excluding carboxylic acids is 2. The topological polar surface area (TPSA) is 57.2 Å². The monoisotopic (exact) mass is 239 g/mol. The van der Waals surface area contributed by atoms with Crippen molar-refractivity contribution in [1.29, 1.82) is 0 Å². The molecule has 90 valence electrons. The Bertz CT molecular complexity index is 615. The molecule has 2 rings (SSSR count). The Balaban J connectivity index is 2.58. The van der Waals surface area contributed by atoms with Crippen molar-refractivity contribution in [3.05, 3.63) is 59.7 Å². The Kier molecular flexibility index (Phi) is 3.24. The summed E-state index contributed by atoms with van der Waals surface area (Å²) in [5.74, 6) is -1.28. The quantitative estimate of drug-likeness (QED) is 0.769. The highest BCUT2D eigenvalue weighted by Gasteiger charge is 2.08. The fourth-order valence-electron chi connectivity index (χ4n) is 1.86. The molecule has 0 unspecified atom stereocenters. The molecule has 0 spiro atoms. The number of Topliss-reactive ketones (excluding diaryl/α,β-unsaturated/α-hetero) is 1. The van der Waals surface area contributed by atoms with Crippen molar-refractivity contribution in [3.8, 4) is 11.1 Å². The van der Waals surface area contributed by atoms with Crippen molar-refractivity contribution < 1.29 is 14.7 Å². The van der Waals surface area contributed by atoms with E-state index < -0.39 is 5.97 Å². The van der Waals surface area contributed by atoms with Crippen LogP contribution in [-0.4, -0.2) is 11.8 Å². The van der Waals surface area contributed by atoms with Crippen molar-refractivity contribution >= 4 is 11.8 Å². The number of hydrogen-bond acceptors (Lipinski definition) is 3. The van der Waals surface area contributed by atoms with Crippen molar-refractivity contribution in [2.45, 2.75) is 6.92 Å². The van der Waals surface area contributed by atoms with Gasteiger partial charge in [-0.15, -0.1) is 0 Å². The summed E-state index contributed by atoms with van der Waals surface area (Å²) >= 11 is 0. The summed E-state index contributed by atoms with van der Waals surface area (Å²) in [6, 6.07) is 13.5. The van der Waals surface area contributed by atoms with Gasteiger partial charge in [0.2, 0.25) is 0 Å². The van der Waals surface area contributed by atoms with Crippen LogP contribution in [0.1, 0.15) is 27.6 Å². The van der Waals surface area contributed by atoms with Gasteiger partial charge in [0.05, 0.1) is 5.97 Å². The van der Waals surface area contributed by atoms with Gasteiger partial charge in [-0.3, -0.25) is 4.79 Å². The predicted molar refractivity (Wildman–Crippen MR) is 66.2 cm³/mol. The number of hydrogen-bond donors (Lipinski definition) is 0. The number of aromatic carboxylic acids is 1. The van der Waals surface area contributed by atoms with Gasteiger partial charge in [0.1, 0.15) is 0 Å². The normalized spacial score (nSPS) is 10.1. The summed E-state index contributed by atoms with van der Waals surface area (Å²) in [5.41, 5.74) is 2.11. The number of benzene rings is 2. The lowest BCUT2D eigenvalue weighted by Gasteiger charge is -2.09. The number of rotatable bonds is 3. The third-order valence-electron chi connectivity index (χ3n) is 2.72. The molecular formula is C15H11O3-. The van der Waals surface area contributed by atoms with Crippen LogP contribution in [0.15, 0.2) is 48.5 Å². The Morgan fingerprint density at radius 2 is 1.72 bits per heavy atom. The number of ketones is 1. The molecule has 0 radical (unpaired) electrons. The molecule has 0 aliphatic carbocycles. The molecule has 3 nitrogen and oxygen atoms in total. The van der Waals surface area contributed by atoms with Gasteiger partial charge < -0.3 is 9.90 Å². The highest BCUT2D eigenvalue weighted by molar-refractivity contribution is 6.01. The number of carboxylic acids is 1. The van der Waals surface area contributed by atoms with Crippen LogP contribution in [0.5, 0.6) is 0 Å². The maximum absolute atomic E-state index is 11.5. The van der Waals surface area contributed by atoms with E-state index in [2.05, 4.69) is 0 Å². The Labute approximate surface area is 105 Å². The van der Waals surface area contributed by atoms with Crippen molar-refractivity contribution in [3.63, 3.8) is 0 Å². The molecule has 3 heteroatoms.